The Morgan fingerprint density at radius 2 is 1.83 bits per heavy atom. The lowest BCUT2D eigenvalue weighted by Crippen LogP contribution is -2.48. The summed E-state index contributed by atoms with van der Waals surface area (Å²) in [5.41, 5.74) is 0.586. The molecule has 8 heteroatoms. The fraction of sp³-hybridized carbons (Fsp3) is 0.500. The van der Waals surface area contributed by atoms with Crippen LogP contribution in [0.2, 0.25) is 0 Å². The normalized spacial score (nSPS) is 18.6. The van der Waals surface area contributed by atoms with Gasteiger partial charge in [-0.2, -0.15) is 0 Å². The summed E-state index contributed by atoms with van der Waals surface area (Å²) in [5.74, 6) is 1.06. The number of hydrogen-bond donors (Lipinski definition) is 0. The van der Waals surface area contributed by atoms with Crippen LogP contribution in [0.3, 0.4) is 0 Å². The minimum Gasteiger partial charge on any atom is -0.468 e. The Bertz CT molecular complexity index is 859. The SMILES string of the molecule is CC(Sc1ncccc1C(=O)N1CCN(Cc2ccco2)CC1)C(=O)N1CCCC1. The van der Waals surface area contributed by atoms with E-state index in [0.717, 1.165) is 51.3 Å². The Morgan fingerprint density at radius 1 is 1.07 bits per heavy atom. The predicted octanol–water partition coefficient (Wildman–Crippen LogP) is 2.74. The van der Waals surface area contributed by atoms with Crippen molar-refractivity contribution in [2.24, 2.45) is 0 Å². The third-order valence-corrected chi connectivity index (χ3v) is 6.78. The number of rotatable bonds is 6. The molecule has 0 bridgehead atoms. The van der Waals surface area contributed by atoms with Crippen molar-refractivity contribution in [2.45, 2.75) is 36.6 Å². The van der Waals surface area contributed by atoms with Gasteiger partial charge in [0.25, 0.3) is 5.91 Å². The minimum atomic E-state index is -0.255. The first-order valence-corrected chi connectivity index (χ1v) is 11.4. The largest absolute Gasteiger partial charge is 0.468 e. The molecule has 0 N–H and O–H groups in total. The molecule has 2 fully saturated rings. The lowest BCUT2D eigenvalue weighted by atomic mass is 10.2. The molecule has 4 heterocycles. The summed E-state index contributed by atoms with van der Waals surface area (Å²) in [7, 11) is 0. The molecule has 1 unspecified atom stereocenters. The molecular formula is C22H28N4O3S. The highest BCUT2D eigenvalue weighted by Gasteiger charge is 2.28. The van der Waals surface area contributed by atoms with E-state index in [1.54, 1.807) is 18.5 Å². The zero-order valence-corrected chi connectivity index (χ0v) is 18.1. The summed E-state index contributed by atoms with van der Waals surface area (Å²) in [5, 5.41) is 0.384. The monoisotopic (exact) mass is 428 g/mol. The van der Waals surface area contributed by atoms with Crippen molar-refractivity contribution in [2.75, 3.05) is 39.3 Å². The zero-order chi connectivity index (χ0) is 20.9. The number of nitrogens with zero attached hydrogens (tertiary/aromatic N) is 4. The number of furan rings is 1. The van der Waals surface area contributed by atoms with E-state index < -0.39 is 0 Å². The molecule has 2 aromatic heterocycles. The first kappa shape index (κ1) is 20.9. The third-order valence-electron chi connectivity index (χ3n) is 5.67. The molecule has 0 spiro atoms. The van der Waals surface area contributed by atoms with Crippen LogP contribution in [0.5, 0.6) is 0 Å². The molecule has 2 saturated heterocycles. The number of hydrogen-bond acceptors (Lipinski definition) is 6. The summed E-state index contributed by atoms with van der Waals surface area (Å²) in [6, 6.07) is 7.48. The molecule has 4 rings (SSSR count). The summed E-state index contributed by atoms with van der Waals surface area (Å²) in [6.07, 6.45) is 5.52. The maximum atomic E-state index is 13.2. The average Bonchev–Trinajstić information content (AvgIpc) is 3.48. The molecule has 1 atom stereocenters. The molecule has 2 aromatic rings. The number of likely N-dealkylation sites (tertiary alicyclic amines) is 1. The summed E-state index contributed by atoms with van der Waals surface area (Å²) < 4.78 is 5.42. The van der Waals surface area contributed by atoms with Crippen LogP contribution in [0.1, 0.15) is 35.9 Å². The topological polar surface area (TPSA) is 69.9 Å². The third kappa shape index (κ3) is 4.87. The van der Waals surface area contributed by atoms with Gasteiger partial charge in [-0.25, -0.2) is 4.98 Å². The van der Waals surface area contributed by atoms with Crippen molar-refractivity contribution in [1.29, 1.82) is 0 Å². The number of piperazine rings is 1. The smallest absolute Gasteiger partial charge is 0.256 e. The van der Waals surface area contributed by atoms with Crippen molar-refractivity contribution in [3.05, 3.63) is 48.0 Å². The van der Waals surface area contributed by atoms with Gasteiger partial charge in [0, 0.05) is 45.5 Å². The molecule has 0 aliphatic carbocycles. The fourth-order valence-corrected chi connectivity index (χ4v) is 4.95. The first-order chi connectivity index (χ1) is 14.6. The molecule has 2 aliphatic rings. The maximum absolute atomic E-state index is 13.2. The van der Waals surface area contributed by atoms with Crippen LogP contribution < -0.4 is 0 Å². The van der Waals surface area contributed by atoms with Crippen molar-refractivity contribution >= 4 is 23.6 Å². The first-order valence-electron chi connectivity index (χ1n) is 10.6. The molecular weight excluding hydrogens is 400 g/mol. The Labute approximate surface area is 181 Å². The maximum Gasteiger partial charge on any atom is 0.256 e. The molecule has 160 valence electrons. The van der Waals surface area contributed by atoms with Gasteiger partial charge in [-0.1, -0.05) is 11.8 Å². The van der Waals surface area contributed by atoms with Gasteiger partial charge >= 0.3 is 0 Å². The lowest BCUT2D eigenvalue weighted by molar-refractivity contribution is -0.129. The average molecular weight is 429 g/mol. The number of thioether (sulfide) groups is 1. The summed E-state index contributed by atoms with van der Waals surface area (Å²) >= 11 is 1.39. The molecule has 2 amide bonds. The van der Waals surface area contributed by atoms with E-state index in [1.165, 1.54) is 11.8 Å². The Kier molecular flexibility index (Phi) is 6.74. The summed E-state index contributed by atoms with van der Waals surface area (Å²) in [6.45, 7) is 7.28. The number of aromatic nitrogens is 1. The highest BCUT2D eigenvalue weighted by Crippen LogP contribution is 2.28. The number of carbonyl (C=O) groups excluding carboxylic acids is 2. The molecule has 2 aliphatic heterocycles. The number of amides is 2. The predicted molar refractivity (Wildman–Crippen MR) is 115 cm³/mol. The van der Waals surface area contributed by atoms with Gasteiger partial charge in [0.05, 0.1) is 23.6 Å². The van der Waals surface area contributed by atoms with Gasteiger partial charge in [0.15, 0.2) is 0 Å². The van der Waals surface area contributed by atoms with Crippen LogP contribution in [0.25, 0.3) is 0 Å². The van der Waals surface area contributed by atoms with Gasteiger partial charge in [-0.05, 0) is 44.0 Å². The Balaban J connectivity index is 1.37. The Hall–Kier alpha value is -2.32. The van der Waals surface area contributed by atoms with Crippen LogP contribution in [-0.4, -0.2) is 76.0 Å². The van der Waals surface area contributed by atoms with Crippen molar-refractivity contribution in [3.63, 3.8) is 0 Å². The van der Waals surface area contributed by atoms with Crippen LogP contribution in [0.15, 0.2) is 46.2 Å². The van der Waals surface area contributed by atoms with Crippen LogP contribution in [0, 0.1) is 0 Å². The molecule has 0 aromatic carbocycles. The van der Waals surface area contributed by atoms with Crippen LogP contribution in [-0.2, 0) is 11.3 Å². The lowest BCUT2D eigenvalue weighted by Gasteiger charge is -2.34. The second kappa shape index (κ2) is 9.66. The summed E-state index contributed by atoms with van der Waals surface area (Å²) in [4.78, 5) is 36.4. The van der Waals surface area contributed by atoms with E-state index in [4.69, 9.17) is 4.42 Å². The molecule has 30 heavy (non-hydrogen) atoms. The van der Waals surface area contributed by atoms with E-state index in [2.05, 4.69) is 9.88 Å². The van der Waals surface area contributed by atoms with Gasteiger partial charge in [-0.15, -0.1) is 0 Å². The zero-order valence-electron chi connectivity index (χ0n) is 17.3. The van der Waals surface area contributed by atoms with Crippen LogP contribution >= 0.6 is 11.8 Å². The van der Waals surface area contributed by atoms with E-state index in [9.17, 15) is 9.59 Å². The van der Waals surface area contributed by atoms with Gasteiger partial charge < -0.3 is 14.2 Å². The molecule has 0 saturated carbocycles. The van der Waals surface area contributed by atoms with E-state index in [0.29, 0.717) is 23.7 Å². The highest BCUT2D eigenvalue weighted by atomic mass is 32.2. The quantitative estimate of drug-likeness (QED) is 0.659. The molecule has 7 nitrogen and oxygen atoms in total. The van der Waals surface area contributed by atoms with Crippen molar-refractivity contribution in [1.82, 2.24) is 19.7 Å². The van der Waals surface area contributed by atoms with E-state index in [-0.39, 0.29) is 17.1 Å². The second-order valence-electron chi connectivity index (χ2n) is 7.80. The number of carbonyl (C=O) groups is 2. The van der Waals surface area contributed by atoms with Gasteiger partial charge in [0.1, 0.15) is 10.8 Å². The second-order valence-corrected chi connectivity index (χ2v) is 9.13. The molecule has 0 radical (unpaired) electrons. The Morgan fingerprint density at radius 3 is 2.53 bits per heavy atom. The van der Waals surface area contributed by atoms with Crippen molar-refractivity contribution < 1.29 is 14.0 Å². The van der Waals surface area contributed by atoms with Crippen molar-refractivity contribution in [3.8, 4) is 0 Å². The van der Waals surface area contributed by atoms with E-state index >= 15 is 0 Å². The van der Waals surface area contributed by atoms with Crippen LogP contribution in [0.4, 0.5) is 0 Å². The standard InChI is InChI=1S/C22H28N4O3S/c1-17(21(27)25-9-2-3-10-25)30-20-19(7-4-8-23-20)22(28)26-13-11-24(12-14-26)16-18-6-5-15-29-18/h4-8,15,17H,2-3,9-14,16H2,1H3. The minimum absolute atomic E-state index is 0.0101. The fourth-order valence-electron chi connectivity index (χ4n) is 3.96. The van der Waals surface area contributed by atoms with Gasteiger partial charge in [0.2, 0.25) is 5.91 Å². The highest BCUT2D eigenvalue weighted by molar-refractivity contribution is 8.00. The van der Waals surface area contributed by atoms with E-state index in [1.807, 2.05) is 34.9 Å². The number of pyridine rings is 1. The van der Waals surface area contributed by atoms with Gasteiger partial charge in [-0.3, -0.25) is 14.5 Å².